The SMILES string of the molecule is CC[C@H](Nc1nc(C)nc(N)c1C#N)c1nc2cccc(Cl)c2c(=O)n1-c1ccc(N)nc1.CC[C@H](Nc1nc(C)nc(N)c1C#N)c1nc2cccc(Cl)c2c(=O)n1-c1cccnc1.Cc1nc(N)c(C#N)c(N[C@@H](C)c2nc3c(F)ccc(Cl)c3c(=O)n2-c2cncc(F)c2)n1.Cc1nc(N)c(Cl)c(N[C@H](c2nc3c(F)ccc(C#N)c3c(=O)n2-c2cccnc2)C2CC2)n1. The molecule has 0 aliphatic heterocycles. The lowest BCUT2D eigenvalue weighted by Crippen LogP contribution is -2.30. The average molecular weight is 1850 g/mol. The van der Waals surface area contributed by atoms with Crippen LogP contribution in [0.25, 0.3) is 66.4 Å². The molecule has 0 unspecified atom stereocenters. The van der Waals surface area contributed by atoms with Crippen molar-refractivity contribution in [3.63, 3.8) is 0 Å². The van der Waals surface area contributed by atoms with Crippen LogP contribution in [0, 0.1) is 96.4 Å². The van der Waals surface area contributed by atoms with Crippen LogP contribution in [0.5, 0.6) is 0 Å². The van der Waals surface area contributed by atoms with Gasteiger partial charge < -0.3 is 49.9 Å². The van der Waals surface area contributed by atoms with Gasteiger partial charge in [-0.1, -0.05) is 72.4 Å². The summed E-state index contributed by atoms with van der Waals surface area (Å²) in [6.07, 6.45) is 12.8. The third kappa shape index (κ3) is 18.8. The summed E-state index contributed by atoms with van der Waals surface area (Å²) in [6, 6.07) is 31.8. The van der Waals surface area contributed by atoms with Crippen molar-refractivity contribution >= 4 is 142 Å². The monoisotopic (exact) mass is 1850 g/mol. The molecule has 4 aromatic carbocycles. The van der Waals surface area contributed by atoms with E-state index in [1.165, 1.54) is 44.4 Å². The predicted octanol–water partition coefficient (Wildman–Crippen LogP) is 13.8. The number of fused-ring (bicyclic) bond motifs is 4. The number of benzene rings is 4. The van der Waals surface area contributed by atoms with Gasteiger partial charge in [0.2, 0.25) is 0 Å². The lowest BCUT2D eigenvalue weighted by Gasteiger charge is -2.24. The van der Waals surface area contributed by atoms with Crippen molar-refractivity contribution in [1.82, 2.24) is 98.0 Å². The highest BCUT2D eigenvalue weighted by Gasteiger charge is 2.38. The van der Waals surface area contributed by atoms with Crippen LogP contribution in [0.4, 0.5) is 65.5 Å². The molecule has 44 heteroatoms. The van der Waals surface area contributed by atoms with E-state index in [0.29, 0.717) is 103 Å². The zero-order valence-corrected chi connectivity index (χ0v) is 73.5. The summed E-state index contributed by atoms with van der Waals surface area (Å²) in [5.41, 5.74) is 29.6. The maximum Gasteiger partial charge on any atom is 0.267 e. The van der Waals surface area contributed by atoms with Gasteiger partial charge >= 0.3 is 0 Å². The summed E-state index contributed by atoms with van der Waals surface area (Å²) < 4.78 is 48.7. The fourth-order valence-corrected chi connectivity index (χ4v) is 15.2. The quantitative estimate of drug-likeness (QED) is 0.0363. The molecule has 1 fully saturated rings. The van der Waals surface area contributed by atoms with Gasteiger partial charge in [-0.2, -0.15) is 21.0 Å². The molecular formula is C88H72Cl4F3N33O4. The van der Waals surface area contributed by atoms with Crippen molar-refractivity contribution in [2.45, 2.75) is 98.3 Å². The van der Waals surface area contributed by atoms with Gasteiger partial charge in [-0.15, -0.1) is 0 Å². The lowest BCUT2D eigenvalue weighted by atomic mass is 10.1. The summed E-state index contributed by atoms with van der Waals surface area (Å²) >= 11 is 25.2. The second kappa shape index (κ2) is 39.0. The molecule has 0 bridgehead atoms. The first-order valence-electron chi connectivity index (χ1n) is 40.0. The van der Waals surface area contributed by atoms with Gasteiger partial charge in [-0.05, 0) is 151 Å². The molecule has 12 heterocycles. The molecule has 1 saturated carbocycles. The van der Waals surface area contributed by atoms with E-state index in [1.807, 2.05) is 38.1 Å². The maximum absolute atomic E-state index is 14.9. The van der Waals surface area contributed by atoms with Crippen LogP contribution in [0.3, 0.4) is 0 Å². The molecule has 12 aromatic heterocycles. The van der Waals surface area contributed by atoms with Crippen LogP contribution in [-0.2, 0) is 0 Å². The molecule has 16 aromatic rings. The first-order valence-corrected chi connectivity index (χ1v) is 41.5. The molecule has 0 saturated heterocycles. The van der Waals surface area contributed by atoms with Crippen LogP contribution >= 0.6 is 46.4 Å². The first-order chi connectivity index (χ1) is 63.4. The number of pyridine rings is 4. The zero-order valence-electron chi connectivity index (χ0n) is 70.5. The highest BCUT2D eigenvalue weighted by atomic mass is 35.5. The van der Waals surface area contributed by atoms with Gasteiger partial charge in [0.15, 0.2) is 23.3 Å². The highest BCUT2D eigenvalue weighted by Crippen LogP contribution is 2.45. The third-order valence-corrected chi connectivity index (χ3v) is 21.9. The first kappa shape index (κ1) is 91.7. The Morgan fingerprint density at radius 2 is 0.864 bits per heavy atom. The number of nitrogens with zero attached hydrogens (tertiary/aromatic N) is 24. The number of aryl methyl sites for hydroxylation is 4. The number of halogens is 7. The molecule has 17 rings (SSSR count). The van der Waals surface area contributed by atoms with Crippen molar-refractivity contribution in [3.8, 4) is 47.0 Å². The second-order valence-corrected chi connectivity index (χ2v) is 31.0. The number of rotatable bonds is 19. The summed E-state index contributed by atoms with van der Waals surface area (Å²) in [7, 11) is 0. The molecule has 132 heavy (non-hydrogen) atoms. The lowest BCUT2D eigenvalue weighted by molar-refractivity contribution is 0.599. The minimum absolute atomic E-state index is 0.000191. The van der Waals surface area contributed by atoms with E-state index in [-0.39, 0.29) is 135 Å². The molecule has 14 N–H and O–H groups in total. The van der Waals surface area contributed by atoms with Crippen molar-refractivity contribution in [2.75, 3.05) is 49.9 Å². The topological polar surface area (TPSA) is 568 Å². The number of anilines is 9. The highest BCUT2D eigenvalue weighted by molar-refractivity contribution is 6.36. The molecule has 1 aliphatic rings. The number of nitrogens with one attached hydrogen (secondary N) is 4. The Bertz CT molecular complexity index is 7720. The van der Waals surface area contributed by atoms with Crippen LogP contribution in [0.2, 0.25) is 20.1 Å². The van der Waals surface area contributed by atoms with Gasteiger partial charge in [0, 0.05) is 18.5 Å². The number of aromatic nitrogens is 20. The van der Waals surface area contributed by atoms with E-state index >= 15 is 0 Å². The Kier molecular flexibility index (Phi) is 27.1. The number of nitrogens with two attached hydrogens (primary N) is 5. The van der Waals surface area contributed by atoms with Gasteiger partial charge in [-0.3, -0.25) is 52.4 Å². The van der Waals surface area contributed by atoms with E-state index in [0.717, 1.165) is 41.8 Å². The Balaban J connectivity index is 0.000000142. The maximum atomic E-state index is 14.9. The van der Waals surface area contributed by atoms with Gasteiger partial charge in [0.05, 0.1) is 131 Å². The van der Waals surface area contributed by atoms with Crippen LogP contribution in [-0.4, -0.2) is 98.0 Å². The minimum atomic E-state index is -0.829. The van der Waals surface area contributed by atoms with Crippen LogP contribution < -0.4 is 72.2 Å². The normalized spacial score (nSPS) is 12.4. The molecule has 0 spiro atoms. The second-order valence-electron chi connectivity index (χ2n) is 29.4. The van der Waals surface area contributed by atoms with Gasteiger partial charge in [0.1, 0.15) is 150 Å². The molecule has 662 valence electrons. The fourth-order valence-electron chi connectivity index (χ4n) is 14.4. The van der Waals surface area contributed by atoms with Crippen LogP contribution in [0.15, 0.2) is 166 Å². The number of nitriles is 4. The summed E-state index contributed by atoms with van der Waals surface area (Å²) in [6.45, 7) is 12.1. The molecular weight excluding hydrogens is 1780 g/mol. The zero-order chi connectivity index (χ0) is 94.4. The number of hydrogen-bond donors (Lipinski definition) is 9. The van der Waals surface area contributed by atoms with E-state index in [2.05, 4.69) is 91.0 Å². The Morgan fingerprint density at radius 3 is 1.33 bits per heavy atom. The van der Waals surface area contributed by atoms with Crippen molar-refractivity contribution in [2.24, 2.45) is 5.92 Å². The van der Waals surface area contributed by atoms with Crippen molar-refractivity contribution in [3.05, 3.63) is 294 Å². The smallest absolute Gasteiger partial charge is 0.267 e. The standard InChI is InChI=1S/C23H18ClFN8O.C22H20ClN9O.C22H19ClN8O.C21H15ClF2N8O/c1-11-29-20(27)17(24)21(30-11)31-18(12-4-5-12)22-32-19-15(25)7-6-13(9-26)16(19)23(34)33(22)14-3-2-8-28-10-14;1-3-15(30-20-13(9-24)19(26)28-11(2)29-20)21-31-16-6-4-5-14(23)18(16)22(33)32(21)12-7-8-17(25)27-10-12;1-3-16(29-20-14(10-24)19(25)27-12(2)28-20)21-30-17-8-4-7-15(23)18(17)22(32)31(21)13-6-5-9-26-11-13;1-9(28-19-13(6-25)18(26)29-10(2)30-19)20-31-17-15(24)4-3-14(22)16(17)21(33)32(20)12-5-11(23)7-27-8-12/h2-3,6-8,10,12,18H,4-5H2,1H3,(H3,27,29,30,31);4-8,10,15H,3H2,1-2H3,(H2,25,27)(H3,26,28,29,30);4-9,11,16H,3H2,1-2H3,(H3,25,27,28,29);3-5,7-9H,1-2H3,(H3,26,28,29,30)/t18-;15-;16-;9-/m0000/s1. The predicted molar refractivity (Wildman–Crippen MR) is 493 cm³/mol. The number of hydrogen-bond acceptors (Lipinski definition) is 33. The molecule has 0 amide bonds. The van der Waals surface area contributed by atoms with Gasteiger partial charge in [-0.25, -0.2) is 78.0 Å². The van der Waals surface area contributed by atoms with Crippen molar-refractivity contribution in [1.29, 1.82) is 21.0 Å². The van der Waals surface area contributed by atoms with E-state index in [1.54, 1.807) is 126 Å². The summed E-state index contributed by atoms with van der Waals surface area (Å²) in [5, 5.41) is 51.9. The van der Waals surface area contributed by atoms with E-state index in [4.69, 9.17) is 85.0 Å². The number of nitrogen functional groups attached to an aromatic ring is 5. The molecule has 4 atom stereocenters. The third-order valence-electron chi connectivity index (χ3n) is 20.5. The molecule has 1 aliphatic carbocycles. The molecule has 0 radical (unpaired) electrons. The van der Waals surface area contributed by atoms with Crippen molar-refractivity contribution < 1.29 is 13.2 Å². The van der Waals surface area contributed by atoms with Gasteiger partial charge in [0.25, 0.3) is 22.2 Å². The Labute approximate surface area is 765 Å². The average Bonchev–Trinajstić information content (AvgIpc) is 1.25. The summed E-state index contributed by atoms with van der Waals surface area (Å²) in [5.74, 6) is 2.05. The fraction of sp³-hybridized carbons (Fsp3) is 0.182. The Morgan fingerprint density at radius 1 is 0.432 bits per heavy atom. The molecule has 37 nitrogen and oxygen atoms in total. The van der Waals surface area contributed by atoms with Crippen LogP contribution in [0.1, 0.15) is 139 Å². The Hall–Kier alpha value is -16.5. The van der Waals surface area contributed by atoms with E-state index < -0.39 is 52.7 Å². The largest absolute Gasteiger partial charge is 0.384 e. The summed E-state index contributed by atoms with van der Waals surface area (Å²) in [4.78, 5) is 122. The van der Waals surface area contributed by atoms with E-state index in [9.17, 15) is 53.4 Å². The minimum Gasteiger partial charge on any atom is -0.384 e.